The molecule has 0 radical (unpaired) electrons. The average Bonchev–Trinajstić information content (AvgIpc) is 2.51. The molecule has 1 rings (SSSR count). The summed E-state index contributed by atoms with van der Waals surface area (Å²) in [5.74, 6) is -0.433. The standard InChI is InChI=1S/C17H28N4O2/c1-12(13(2)18)16(22)20-11-14-6-5-7-15(10-14)17(23)19-8-9-21(3)4/h5-7,10,12-13H,8-9,11,18H2,1-4H3,(H,19,23)(H,20,22). The molecule has 0 aliphatic rings. The van der Waals surface area contributed by atoms with Gasteiger partial charge in [-0.05, 0) is 38.7 Å². The van der Waals surface area contributed by atoms with Crippen LogP contribution < -0.4 is 16.4 Å². The number of likely N-dealkylation sites (N-methyl/N-ethyl adjacent to an activating group) is 1. The van der Waals surface area contributed by atoms with Gasteiger partial charge in [0.2, 0.25) is 5.91 Å². The molecule has 2 amide bonds. The van der Waals surface area contributed by atoms with Crippen LogP contribution in [-0.4, -0.2) is 49.9 Å². The first-order valence-corrected chi connectivity index (χ1v) is 7.86. The van der Waals surface area contributed by atoms with Crippen molar-refractivity contribution in [2.24, 2.45) is 11.7 Å². The van der Waals surface area contributed by atoms with Crippen molar-refractivity contribution in [1.29, 1.82) is 0 Å². The third-order valence-corrected chi connectivity index (χ3v) is 3.70. The number of hydrogen-bond acceptors (Lipinski definition) is 4. The van der Waals surface area contributed by atoms with Gasteiger partial charge in [0.15, 0.2) is 0 Å². The summed E-state index contributed by atoms with van der Waals surface area (Å²) in [5, 5.41) is 5.72. The van der Waals surface area contributed by atoms with Gasteiger partial charge >= 0.3 is 0 Å². The maximum absolute atomic E-state index is 12.1. The predicted octanol–water partition coefficient (Wildman–Crippen LogP) is 0.578. The lowest BCUT2D eigenvalue weighted by molar-refractivity contribution is -0.125. The third kappa shape index (κ3) is 6.80. The van der Waals surface area contributed by atoms with Crippen LogP contribution in [0.5, 0.6) is 0 Å². The summed E-state index contributed by atoms with van der Waals surface area (Å²) in [6, 6.07) is 7.07. The molecule has 2 unspecified atom stereocenters. The van der Waals surface area contributed by atoms with Gasteiger partial charge in [-0.3, -0.25) is 9.59 Å². The Kier molecular flexibility index (Phi) is 7.71. The second-order valence-corrected chi connectivity index (χ2v) is 6.13. The number of nitrogens with one attached hydrogen (secondary N) is 2. The first-order valence-electron chi connectivity index (χ1n) is 7.86. The lowest BCUT2D eigenvalue weighted by Crippen LogP contribution is -2.38. The van der Waals surface area contributed by atoms with Crippen molar-refractivity contribution in [2.45, 2.75) is 26.4 Å². The van der Waals surface area contributed by atoms with Crippen LogP contribution in [0.15, 0.2) is 24.3 Å². The summed E-state index contributed by atoms with van der Waals surface area (Å²) < 4.78 is 0. The smallest absolute Gasteiger partial charge is 0.251 e. The van der Waals surface area contributed by atoms with E-state index in [0.29, 0.717) is 18.7 Å². The van der Waals surface area contributed by atoms with Crippen LogP contribution in [0.2, 0.25) is 0 Å². The van der Waals surface area contributed by atoms with Gasteiger partial charge in [0.1, 0.15) is 0 Å². The average molecular weight is 320 g/mol. The number of rotatable bonds is 8. The van der Waals surface area contributed by atoms with Crippen LogP contribution in [0.4, 0.5) is 0 Å². The molecule has 0 saturated carbocycles. The Morgan fingerprint density at radius 1 is 1.22 bits per heavy atom. The number of carbonyl (C=O) groups is 2. The molecule has 0 aliphatic heterocycles. The quantitative estimate of drug-likeness (QED) is 0.654. The highest BCUT2D eigenvalue weighted by Gasteiger charge is 2.16. The fourth-order valence-corrected chi connectivity index (χ4v) is 1.91. The molecule has 0 saturated heterocycles. The van der Waals surface area contributed by atoms with E-state index in [-0.39, 0.29) is 23.8 Å². The second-order valence-electron chi connectivity index (χ2n) is 6.13. The van der Waals surface area contributed by atoms with Crippen LogP contribution in [0.25, 0.3) is 0 Å². The molecular formula is C17H28N4O2. The molecule has 0 bridgehead atoms. The van der Waals surface area contributed by atoms with Gasteiger partial charge in [-0.25, -0.2) is 0 Å². The van der Waals surface area contributed by atoms with Gasteiger partial charge in [-0.2, -0.15) is 0 Å². The summed E-state index contributed by atoms with van der Waals surface area (Å²) >= 11 is 0. The molecule has 23 heavy (non-hydrogen) atoms. The molecule has 4 N–H and O–H groups in total. The van der Waals surface area contributed by atoms with Crippen molar-refractivity contribution in [1.82, 2.24) is 15.5 Å². The van der Waals surface area contributed by atoms with E-state index >= 15 is 0 Å². The minimum absolute atomic E-state index is 0.0826. The molecule has 0 fully saturated rings. The Bertz CT molecular complexity index is 529. The van der Waals surface area contributed by atoms with E-state index < -0.39 is 0 Å². The van der Waals surface area contributed by atoms with Crippen LogP contribution in [0, 0.1) is 5.92 Å². The second kappa shape index (κ2) is 9.27. The van der Waals surface area contributed by atoms with Crippen LogP contribution >= 0.6 is 0 Å². The first-order chi connectivity index (χ1) is 10.8. The van der Waals surface area contributed by atoms with Crippen LogP contribution in [0.3, 0.4) is 0 Å². The Morgan fingerprint density at radius 3 is 2.52 bits per heavy atom. The molecule has 6 nitrogen and oxygen atoms in total. The van der Waals surface area contributed by atoms with Crippen LogP contribution in [-0.2, 0) is 11.3 Å². The zero-order valence-electron chi connectivity index (χ0n) is 14.4. The van der Waals surface area contributed by atoms with Gasteiger partial charge in [0.25, 0.3) is 5.91 Å². The van der Waals surface area contributed by atoms with E-state index in [1.54, 1.807) is 19.1 Å². The maximum Gasteiger partial charge on any atom is 0.251 e. The van der Waals surface area contributed by atoms with Gasteiger partial charge < -0.3 is 21.3 Å². The summed E-state index contributed by atoms with van der Waals surface area (Å²) in [7, 11) is 3.91. The highest BCUT2D eigenvalue weighted by Crippen LogP contribution is 2.06. The van der Waals surface area contributed by atoms with Crippen molar-refractivity contribution < 1.29 is 9.59 Å². The van der Waals surface area contributed by atoms with E-state index in [9.17, 15) is 9.59 Å². The van der Waals surface area contributed by atoms with Gasteiger partial charge in [-0.1, -0.05) is 19.1 Å². The Morgan fingerprint density at radius 2 is 1.91 bits per heavy atom. The molecule has 0 aliphatic carbocycles. The lowest BCUT2D eigenvalue weighted by Gasteiger charge is -2.15. The Labute approximate surface area is 138 Å². The lowest BCUT2D eigenvalue weighted by atomic mass is 10.0. The summed E-state index contributed by atoms with van der Waals surface area (Å²) in [5.41, 5.74) is 7.20. The number of carbonyl (C=O) groups excluding carboxylic acids is 2. The molecule has 2 atom stereocenters. The molecule has 0 spiro atoms. The Balaban J connectivity index is 2.56. The van der Waals surface area contributed by atoms with Gasteiger partial charge in [0.05, 0.1) is 0 Å². The minimum Gasteiger partial charge on any atom is -0.352 e. The predicted molar refractivity (Wildman–Crippen MR) is 92.0 cm³/mol. The number of amides is 2. The summed E-state index contributed by atoms with van der Waals surface area (Å²) in [6.07, 6.45) is 0. The summed E-state index contributed by atoms with van der Waals surface area (Å²) in [6.45, 7) is 5.38. The number of nitrogens with zero attached hydrogens (tertiary/aromatic N) is 1. The number of nitrogens with two attached hydrogens (primary N) is 1. The normalized spacial score (nSPS) is 13.5. The fourth-order valence-electron chi connectivity index (χ4n) is 1.91. The highest BCUT2D eigenvalue weighted by molar-refractivity contribution is 5.94. The molecule has 1 aromatic carbocycles. The zero-order chi connectivity index (χ0) is 17.4. The molecule has 0 aromatic heterocycles. The Hall–Kier alpha value is -1.92. The van der Waals surface area contributed by atoms with Crippen molar-refractivity contribution in [3.63, 3.8) is 0 Å². The molecule has 1 aromatic rings. The monoisotopic (exact) mass is 320 g/mol. The van der Waals surface area contributed by atoms with E-state index in [2.05, 4.69) is 10.6 Å². The maximum atomic E-state index is 12.1. The van der Waals surface area contributed by atoms with E-state index in [1.807, 2.05) is 38.1 Å². The first kappa shape index (κ1) is 19.1. The fraction of sp³-hybridized carbons (Fsp3) is 0.529. The highest BCUT2D eigenvalue weighted by atomic mass is 16.2. The largest absolute Gasteiger partial charge is 0.352 e. The van der Waals surface area contributed by atoms with Gasteiger partial charge in [0, 0.05) is 37.2 Å². The minimum atomic E-state index is -0.243. The van der Waals surface area contributed by atoms with Crippen molar-refractivity contribution in [3.8, 4) is 0 Å². The van der Waals surface area contributed by atoms with Crippen molar-refractivity contribution in [2.75, 3.05) is 27.2 Å². The molecule has 128 valence electrons. The third-order valence-electron chi connectivity index (χ3n) is 3.70. The van der Waals surface area contributed by atoms with Gasteiger partial charge in [-0.15, -0.1) is 0 Å². The topological polar surface area (TPSA) is 87.5 Å². The van der Waals surface area contributed by atoms with Crippen LogP contribution in [0.1, 0.15) is 29.8 Å². The zero-order valence-corrected chi connectivity index (χ0v) is 14.4. The van der Waals surface area contributed by atoms with E-state index in [1.165, 1.54) is 0 Å². The van der Waals surface area contributed by atoms with E-state index in [4.69, 9.17) is 5.73 Å². The summed E-state index contributed by atoms with van der Waals surface area (Å²) in [4.78, 5) is 26.0. The van der Waals surface area contributed by atoms with Crippen molar-refractivity contribution in [3.05, 3.63) is 35.4 Å². The molecule has 6 heteroatoms. The van der Waals surface area contributed by atoms with Crippen molar-refractivity contribution >= 4 is 11.8 Å². The molecular weight excluding hydrogens is 292 g/mol. The van der Waals surface area contributed by atoms with E-state index in [0.717, 1.165) is 12.1 Å². The SMILES string of the molecule is CC(N)C(C)C(=O)NCc1cccc(C(=O)NCCN(C)C)c1. The number of benzene rings is 1. The molecule has 0 heterocycles. The number of hydrogen-bond donors (Lipinski definition) is 3.